The maximum atomic E-state index is 12.6. The van der Waals surface area contributed by atoms with Crippen molar-refractivity contribution in [1.29, 1.82) is 0 Å². The fourth-order valence-electron chi connectivity index (χ4n) is 5.12. The highest BCUT2D eigenvalue weighted by Crippen LogP contribution is 2.37. The van der Waals surface area contributed by atoms with Crippen LogP contribution in [0.25, 0.3) is 0 Å². The van der Waals surface area contributed by atoms with Crippen LogP contribution in [0.3, 0.4) is 0 Å². The van der Waals surface area contributed by atoms with Crippen LogP contribution in [0.2, 0.25) is 0 Å². The summed E-state index contributed by atoms with van der Waals surface area (Å²) < 4.78 is 5.59. The Bertz CT molecular complexity index is 752. The molecular weight excluding hydrogens is 456 g/mol. The molecule has 3 heteroatoms. The third-order valence-corrected chi connectivity index (χ3v) is 7.43. The molecule has 0 atom stereocenters. The van der Waals surface area contributed by atoms with Crippen molar-refractivity contribution in [2.24, 2.45) is 0 Å². The zero-order chi connectivity index (χ0) is 27.7. The van der Waals surface area contributed by atoms with Gasteiger partial charge in [-0.25, -0.2) is 0 Å². The van der Waals surface area contributed by atoms with E-state index < -0.39 is 0 Å². The topological polar surface area (TPSA) is 46.5 Å². The van der Waals surface area contributed by atoms with E-state index in [0.29, 0.717) is 12.4 Å². The lowest BCUT2D eigenvalue weighted by Crippen LogP contribution is -2.20. The number of hydrogen-bond acceptors (Lipinski definition) is 3. The smallest absolute Gasteiger partial charge is 0.310 e. The molecule has 3 nitrogen and oxygen atoms in total. The maximum Gasteiger partial charge on any atom is 0.310 e. The van der Waals surface area contributed by atoms with E-state index in [1.807, 2.05) is 12.1 Å². The Morgan fingerprint density at radius 3 is 1.46 bits per heavy atom. The molecule has 0 amide bonds. The van der Waals surface area contributed by atoms with Gasteiger partial charge in [0, 0.05) is 0 Å². The molecule has 0 bridgehead atoms. The lowest BCUT2D eigenvalue weighted by atomic mass is 9.78. The van der Waals surface area contributed by atoms with Gasteiger partial charge in [0.25, 0.3) is 0 Å². The Balaban J connectivity index is 2.18. The first-order valence-corrected chi connectivity index (χ1v) is 15.5. The molecule has 214 valence electrons. The van der Waals surface area contributed by atoms with E-state index in [-0.39, 0.29) is 23.2 Å². The number of phenolic OH excluding ortho intramolecular Hbond substituents is 1. The highest BCUT2D eigenvalue weighted by atomic mass is 16.5. The van der Waals surface area contributed by atoms with Crippen LogP contribution < -0.4 is 0 Å². The summed E-state index contributed by atoms with van der Waals surface area (Å²) in [4.78, 5) is 12.6. The van der Waals surface area contributed by atoms with Crippen molar-refractivity contribution in [2.75, 3.05) is 6.61 Å². The van der Waals surface area contributed by atoms with Gasteiger partial charge in [-0.1, -0.05) is 151 Å². The SMILES string of the molecule is CCCCCCCCCCCCCCCCCCOC(=O)Cc1cc(C(C)(C)C)c(O)cc1C(C)(C)C. The molecular formula is C34H60O3. The molecule has 0 heterocycles. The molecule has 0 aliphatic rings. The van der Waals surface area contributed by atoms with Crippen LogP contribution in [0, 0.1) is 0 Å². The number of phenols is 1. The predicted octanol–water partition coefficient (Wildman–Crippen LogP) is 10.3. The van der Waals surface area contributed by atoms with Gasteiger partial charge in [0.05, 0.1) is 13.0 Å². The molecule has 0 unspecified atom stereocenters. The summed E-state index contributed by atoms with van der Waals surface area (Å²) in [5, 5.41) is 10.6. The highest BCUT2D eigenvalue weighted by Gasteiger charge is 2.26. The number of rotatable bonds is 19. The summed E-state index contributed by atoms with van der Waals surface area (Å²) in [6.07, 6.45) is 21.7. The van der Waals surface area contributed by atoms with Crippen molar-refractivity contribution in [3.8, 4) is 5.75 Å². The second-order valence-electron chi connectivity index (χ2n) is 13.2. The van der Waals surface area contributed by atoms with Gasteiger partial charge >= 0.3 is 5.97 Å². The van der Waals surface area contributed by atoms with Crippen molar-refractivity contribution in [1.82, 2.24) is 0 Å². The monoisotopic (exact) mass is 516 g/mol. The van der Waals surface area contributed by atoms with Crippen LogP contribution in [0.1, 0.15) is 168 Å². The fraction of sp³-hybridized carbons (Fsp3) is 0.794. The first-order valence-electron chi connectivity index (χ1n) is 15.5. The second kappa shape index (κ2) is 17.9. The average Bonchev–Trinajstić information content (AvgIpc) is 2.80. The molecule has 0 radical (unpaired) electrons. The summed E-state index contributed by atoms with van der Waals surface area (Å²) in [6, 6.07) is 3.85. The van der Waals surface area contributed by atoms with Crippen LogP contribution in [0.4, 0.5) is 0 Å². The molecule has 1 N–H and O–H groups in total. The van der Waals surface area contributed by atoms with E-state index in [1.54, 1.807) is 0 Å². The molecule has 37 heavy (non-hydrogen) atoms. The predicted molar refractivity (Wildman–Crippen MR) is 160 cm³/mol. The molecule has 0 spiro atoms. The summed E-state index contributed by atoms with van der Waals surface area (Å²) in [7, 11) is 0. The minimum atomic E-state index is -0.188. The number of benzene rings is 1. The Hall–Kier alpha value is -1.51. The maximum absolute atomic E-state index is 12.6. The van der Waals surface area contributed by atoms with Crippen LogP contribution >= 0.6 is 0 Å². The standard InChI is InChI=1S/C34H60O3/c1-8-9-10-11-12-13-14-15-16-17-18-19-20-21-22-23-24-37-32(36)26-28-25-30(34(5,6)7)31(35)27-29(28)33(2,3)4/h25,27,35H,8-24,26H2,1-7H3. The van der Waals surface area contributed by atoms with Crippen LogP contribution in [-0.2, 0) is 26.8 Å². The minimum absolute atomic E-state index is 0.155. The summed E-state index contributed by atoms with van der Waals surface area (Å²) in [6.45, 7) is 15.4. The normalized spacial score (nSPS) is 12.2. The van der Waals surface area contributed by atoms with E-state index in [0.717, 1.165) is 29.5 Å². The number of carbonyl (C=O) groups excluding carboxylic acids is 1. The Kier molecular flexibility index (Phi) is 16.2. The number of hydrogen-bond donors (Lipinski definition) is 1. The molecule has 0 aromatic heterocycles. The number of carbonyl (C=O) groups is 1. The van der Waals surface area contributed by atoms with E-state index in [4.69, 9.17) is 4.74 Å². The van der Waals surface area contributed by atoms with Crippen LogP contribution in [-0.4, -0.2) is 17.7 Å². The summed E-state index contributed by atoms with van der Waals surface area (Å²) in [5.41, 5.74) is 2.51. The number of ether oxygens (including phenoxy) is 1. The number of unbranched alkanes of at least 4 members (excludes halogenated alkanes) is 15. The van der Waals surface area contributed by atoms with Crippen molar-refractivity contribution in [2.45, 2.75) is 168 Å². The van der Waals surface area contributed by atoms with Gasteiger partial charge in [-0.15, -0.1) is 0 Å². The third kappa shape index (κ3) is 14.9. The number of esters is 1. The Morgan fingerprint density at radius 2 is 1.05 bits per heavy atom. The van der Waals surface area contributed by atoms with Crippen molar-refractivity contribution in [3.05, 3.63) is 28.8 Å². The first-order chi connectivity index (χ1) is 17.5. The van der Waals surface area contributed by atoms with Gasteiger partial charge in [-0.2, -0.15) is 0 Å². The van der Waals surface area contributed by atoms with E-state index in [1.165, 1.54) is 89.9 Å². The molecule has 1 rings (SSSR count). The Morgan fingerprint density at radius 1 is 0.649 bits per heavy atom. The summed E-state index contributed by atoms with van der Waals surface area (Å²) in [5.74, 6) is 0.139. The molecule has 0 fully saturated rings. The third-order valence-electron chi connectivity index (χ3n) is 7.43. The average molecular weight is 517 g/mol. The fourth-order valence-corrected chi connectivity index (χ4v) is 5.12. The highest BCUT2D eigenvalue weighted by molar-refractivity contribution is 5.73. The molecule has 1 aromatic carbocycles. The lowest BCUT2D eigenvalue weighted by Gasteiger charge is -2.27. The van der Waals surface area contributed by atoms with E-state index in [9.17, 15) is 9.90 Å². The largest absolute Gasteiger partial charge is 0.508 e. The molecule has 1 aromatic rings. The van der Waals surface area contributed by atoms with Crippen molar-refractivity contribution in [3.63, 3.8) is 0 Å². The molecule has 0 saturated carbocycles. The van der Waals surface area contributed by atoms with Crippen molar-refractivity contribution >= 4 is 5.97 Å². The second-order valence-corrected chi connectivity index (χ2v) is 13.2. The lowest BCUT2D eigenvalue weighted by molar-refractivity contribution is -0.142. The van der Waals surface area contributed by atoms with Gasteiger partial charge in [0.15, 0.2) is 0 Å². The minimum Gasteiger partial charge on any atom is -0.508 e. The van der Waals surface area contributed by atoms with E-state index >= 15 is 0 Å². The summed E-state index contributed by atoms with van der Waals surface area (Å²) >= 11 is 0. The van der Waals surface area contributed by atoms with Crippen LogP contribution in [0.5, 0.6) is 5.75 Å². The van der Waals surface area contributed by atoms with Gasteiger partial charge in [-0.05, 0) is 40.0 Å². The zero-order valence-corrected chi connectivity index (χ0v) is 25.6. The molecule has 0 saturated heterocycles. The van der Waals surface area contributed by atoms with Crippen molar-refractivity contribution < 1.29 is 14.6 Å². The quantitative estimate of drug-likeness (QED) is 0.147. The number of aromatic hydroxyl groups is 1. The van der Waals surface area contributed by atoms with Crippen LogP contribution in [0.15, 0.2) is 12.1 Å². The molecule has 0 aliphatic heterocycles. The van der Waals surface area contributed by atoms with Gasteiger partial charge < -0.3 is 9.84 Å². The van der Waals surface area contributed by atoms with E-state index in [2.05, 4.69) is 48.5 Å². The van der Waals surface area contributed by atoms with Gasteiger partial charge in [0.1, 0.15) is 5.75 Å². The Labute approximate surface area is 230 Å². The zero-order valence-electron chi connectivity index (χ0n) is 25.6. The first kappa shape index (κ1) is 33.5. The van der Waals surface area contributed by atoms with Gasteiger partial charge in [-0.3, -0.25) is 4.79 Å². The molecule has 0 aliphatic carbocycles. The van der Waals surface area contributed by atoms with Gasteiger partial charge in [0.2, 0.25) is 0 Å².